The fourth-order valence-electron chi connectivity index (χ4n) is 2.19. The number of ether oxygens (including phenoxy) is 1. The minimum atomic E-state index is -0.422. The van der Waals surface area contributed by atoms with Crippen LogP contribution in [0.1, 0.15) is 11.5 Å². The van der Waals surface area contributed by atoms with Gasteiger partial charge in [-0.05, 0) is 30.3 Å². The Bertz CT molecular complexity index is 966. The molecule has 0 atom stereocenters. The van der Waals surface area contributed by atoms with Crippen LogP contribution in [0.3, 0.4) is 0 Å². The van der Waals surface area contributed by atoms with Crippen molar-refractivity contribution in [1.29, 1.82) is 0 Å². The third-order valence-corrected chi connectivity index (χ3v) is 3.94. The summed E-state index contributed by atoms with van der Waals surface area (Å²) >= 11 is 9.53. The lowest BCUT2D eigenvalue weighted by Gasteiger charge is -2.07. The van der Waals surface area contributed by atoms with Gasteiger partial charge in [0.25, 0.3) is 0 Å². The first kappa shape index (κ1) is 15.8. The highest BCUT2D eigenvalue weighted by Crippen LogP contribution is 2.33. The fraction of sp³-hybridized carbons (Fsp3) is 0.0588. The van der Waals surface area contributed by atoms with Crippen molar-refractivity contribution in [1.82, 2.24) is 4.98 Å². The Kier molecular flexibility index (Phi) is 4.50. The zero-order chi connectivity index (χ0) is 16.4. The number of rotatable bonds is 3. The van der Waals surface area contributed by atoms with Gasteiger partial charge in [-0.25, -0.2) is 9.78 Å². The van der Waals surface area contributed by atoms with Crippen LogP contribution in [0.25, 0.3) is 23.1 Å². The number of hydrogen-bond donors (Lipinski definition) is 0. The van der Waals surface area contributed by atoms with Crippen molar-refractivity contribution in [3.05, 3.63) is 67.8 Å². The first-order chi connectivity index (χ1) is 11.1. The predicted octanol–water partition coefficient (Wildman–Crippen LogP) is 4.78. The third-order valence-electron chi connectivity index (χ3n) is 3.20. The summed E-state index contributed by atoms with van der Waals surface area (Å²) in [7, 11) is 1.54. The molecule has 0 saturated carbocycles. The Hall–Kier alpha value is -2.11. The van der Waals surface area contributed by atoms with Crippen molar-refractivity contribution < 1.29 is 9.15 Å². The van der Waals surface area contributed by atoms with Crippen molar-refractivity contribution in [2.24, 2.45) is 0 Å². The molecular formula is C17H11BrClNO3. The van der Waals surface area contributed by atoms with Crippen LogP contribution in [0.15, 0.2) is 50.1 Å². The molecule has 1 aromatic heterocycles. The number of hydrogen-bond acceptors (Lipinski definition) is 4. The van der Waals surface area contributed by atoms with Gasteiger partial charge in [0.2, 0.25) is 5.89 Å². The van der Waals surface area contributed by atoms with Gasteiger partial charge >= 0.3 is 5.63 Å². The van der Waals surface area contributed by atoms with Gasteiger partial charge in [0.05, 0.1) is 23.0 Å². The van der Waals surface area contributed by atoms with E-state index in [9.17, 15) is 4.79 Å². The van der Waals surface area contributed by atoms with Crippen LogP contribution >= 0.6 is 27.5 Å². The van der Waals surface area contributed by atoms with E-state index in [0.717, 1.165) is 10.0 Å². The summed E-state index contributed by atoms with van der Waals surface area (Å²) in [6.45, 7) is 0. The van der Waals surface area contributed by atoms with E-state index in [0.29, 0.717) is 21.7 Å². The molecule has 0 fully saturated rings. The Balaban J connectivity index is 2.06. The molecule has 0 amide bonds. The van der Waals surface area contributed by atoms with E-state index < -0.39 is 5.63 Å². The van der Waals surface area contributed by atoms with Crippen LogP contribution in [-0.2, 0) is 0 Å². The maximum Gasteiger partial charge on any atom is 0.347 e. The fourth-order valence-corrected chi connectivity index (χ4v) is 3.10. The van der Waals surface area contributed by atoms with Gasteiger partial charge in [0.15, 0.2) is 0 Å². The lowest BCUT2D eigenvalue weighted by molar-refractivity contribution is 0.414. The molecular weight excluding hydrogens is 382 g/mol. The van der Waals surface area contributed by atoms with Crippen molar-refractivity contribution in [3.63, 3.8) is 0 Å². The first-order valence-electron chi connectivity index (χ1n) is 6.69. The highest BCUT2D eigenvalue weighted by Gasteiger charge is 2.08. The van der Waals surface area contributed by atoms with Crippen LogP contribution in [0.5, 0.6) is 5.75 Å². The van der Waals surface area contributed by atoms with E-state index in [1.807, 2.05) is 12.1 Å². The number of methoxy groups -OCH3 is 1. The Morgan fingerprint density at radius 3 is 2.83 bits per heavy atom. The van der Waals surface area contributed by atoms with Crippen molar-refractivity contribution in [2.45, 2.75) is 0 Å². The molecule has 3 rings (SSSR count). The summed E-state index contributed by atoms with van der Waals surface area (Å²) in [5, 5.41) is 0.933. The third kappa shape index (κ3) is 3.30. The highest BCUT2D eigenvalue weighted by atomic mass is 79.9. The SMILES string of the molecule is COc1c(Cl)cc(Br)cc1C=Cc1nc2ccccc2c(=O)o1. The zero-order valence-corrected chi connectivity index (χ0v) is 14.4. The summed E-state index contributed by atoms with van der Waals surface area (Å²) in [6, 6.07) is 10.6. The Morgan fingerprint density at radius 2 is 2.04 bits per heavy atom. The second-order valence-corrected chi connectivity index (χ2v) is 6.02. The number of aromatic nitrogens is 1. The predicted molar refractivity (Wildman–Crippen MR) is 94.9 cm³/mol. The molecule has 0 aliphatic heterocycles. The molecule has 0 bridgehead atoms. The average molecular weight is 393 g/mol. The lowest BCUT2D eigenvalue weighted by atomic mass is 10.2. The molecule has 116 valence electrons. The molecule has 3 aromatic rings. The molecule has 6 heteroatoms. The minimum Gasteiger partial charge on any atom is -0.495 e. The molecule has 0 saturated heterocycles. The van der Waals surface area contributed by atoms with Gasteiger partial charge in [-0.15, -0.1) is 0 Å². The van der Waals surface area contributed by atoms with Crippen LogP contribution in [0, 0.1) is 0 Å². The molecule has 4 nitrogen and oxygen atoms in total. The van der Waals surface area contributed by atoms with E-state index >= 15 is 0 Å². The monoisotopic (exact) mass is 391 g/mol. The number of fused-ring (bicyclic) bond motifs is 1. The Morgan fingerprint density at radius 1 is 1.26 bits per heavy atom. The van der Waals surface area contributed by atoms with Crippen LogP contribution in [0.4, 0.5) is 0 Å². The van der Waals surface area contributed by atoms with Gasteiger partial charge in [0.1, 0.15) is 5.75 Å². The second kappa shape index (κ2) is 6.56. The molecule has 0 radical (unpaired) electrons. The molecule has 23 heavy (non-hydrogen) atoms. The van der Waals surface area contributed by atoms with Crippen molar-refractivity contribution in [2.75, 3.05) is 7.11 Å². The summed E-state index contributed by atoms with van der Waals surface area (Å²) in [5.74, 6) is 0.751. The normalized spacial score (nSPS) is 11.3. The Labute approximate surface area is 145 Å². The van der Waals surface area contributed by atoms with Gasteiger partial charge in [-0.2, -0.15) is 0 Å². The first-order valence-corrected chi connectivity index (χ1v) is 7.86. The number of para-hydroxylation sites is 1. The summed E-state index contributed by atoms with van der Waals surface area (Å²) < 4.78 is 11.3. The van der Waals surface area contributed by atoms with Crippen molar-refractivity contribution in [3.8, 4) is 5.75 Å². The molecule has 0 spiro atoms. The molecule has 0 unspecified atom stereocenters. The molecule has 0 N–H and O–H groups in total. The van der Waals surface area contributed by atoms with Crippen LogP contribution < -0.4 is 10.4 Å². The van der Waals surface area contributed by atoms with Crippen LogP contribution in [-0.4, -0.2) is 12.1 Å². The standard InChI is InChI=1S/C17H11BrClNO3/c1-22-16-10(8-11(18)9-13(16)19)6-7-15-20-14-5-3-2-4-12(14)17(21)23-15/h2-9H,1H3. The van der Waals surface area contributed by atoms with Gasteiger partial charge < -0.3 is 9.15 Å². The van der Waals surface area contributed by atoms with Gasteiger partial charge in [-0.3, -0.25) is 0 Å². The van der Waals surface area contributed by atoms with Crippen molar-refractivity contribution >= 4 is 50.6 Å². The minimum absolute atomic E-state index is 0.215. The number of nitrogens with zero attached hydrogens (tertiary/aromatic N) is 1. The smallest absolute Gasteiger partial charge is 0.347 e. The molecule has 2 aromatic carbocycles. The highest BCUT2D eigenvalue weighted by molar-refractivity contribution is 9.10. The molecule has 0 aliphatic carbocycles. The summed E-state index contributed by atoms with van der Waals surface area (Å²) in [6.07, 6.45) is 3.34. The largest absolute Gasteiger partial charge is 0.495 e. The topological polar surface area (TPSA) is 52.3 Å². The van der Waals surface area contributed by atoms with E-state index in [1.165, 1.54) is 0 Å². The lowest BCUT2D eigenvalue weighted by Crippen LogP contribution is -2.02. The number of benzene rings is 2. The quantitative estimate of drug-likeness (QED) is 0.643. The van der Waals surface area contributed by atoms with Gasteiger partial charge in [-0.1, -0.05) is 39.7 Å². The van der Waals surface area contributed by atoms with E-state index in [4.69, 9.17) is 20.8 Å². The van der Waals surface area contributed by atoms with E-state index in [1.54, 1.807) is 43.5 Å². The second-order valence-electron chi connectivity index (χ2n) is 4.70. The maximum atomic E-state index is 11.9. The summed E-state index contributed by atoms with van der Waals surface area (Å²) in [5.41, 5.74) is 0.904. The van der Waals surface area contributed by atoms with Crippen LogP contribution in [0.2, 0.25) is 5.02 Å². The maximum absolute atomic E-state index is 11.9. The summed E-state index contributed by atoms with van der Waals surface area (Å²) in [4.78, 5) is 16.3. The number of halogens is 2. The average Bonchev–Trinajstić information content (AvgIpc) is 2.52. The molecule has 0 aliphatic rings. The molecule has 1 heterocycles. The zero-order valence-electron chi connectivity index (χ0n) is 12.0. The van der Waals surface area contributed by atoms with E-state index in [-0.39, 0.29) is 5.89 Å². The van der Waals surface area contributed by atoms with Gasteiger partial charge in [0, 0.05) is 16.1 Å². The van der Waals surface area contributed by atoms with E-state index in [2.05, 4.69) is 20.9 Å².